The summed E-state index contributed by atoms with van der Waals surface area (Å²) >= 11 is 1.00. The van der Waals surface area contributed by atoms with Gasteiger partial charge in [-0.15, -0.1) is 11.8 Å². The van der Waals surface area contributed by atoms with Crippen LogP contribution in [0.5, 0.6) is 5.75 Å². The molecule has 1 unspecified atom stereocenters. The van der Waals surface area contributed by atoms with E-state index in [-0.39, 0.29) is 80.2 Å². The number of imidazole rings is 1. The van der Waals surface area contributed by atoms with E-state index in [1.165, 1.54) is 17.0 Å². The average molecular weight is 1060 g/mol. The van der Waals surface area contributed by atoms with Crippen LogP contribution in [-0.2, 0) is 45.4 Å². The minimum absolute atomic E-state index is 0.0462. The smallest absolute Gasteiger partial charge is 0.321 e. The fourth-order valence-electron chi connectivity index (χ4n) is 9.05. The number of allylic oxidation sites excluding steroid dienone is 2. The molecule has 0 saturated carbocycles. The van der Waals surface area contributed by atoms with Crippen LogP contribution in [0.4, 0.5) is 5.95 Å². The molecule has 1 fully saturated rings. The number of carboxylic acid groups (broad SMARTS) is 1. The summed E-state index contributed by atoms with van der Waals surface area (Å²) in [6.07, 6.45) is 5.56. The van der Waals surface area contributed by atoms with Crippen LogP contribution in [0.3, 0.4) is 0 Å². The Morgan fingerprint density at radius 2 is 1.62 bits per heavy atom. The Morgan fingerprint density at radius 1 is 0.908 bits per heavy atom. The molecule has 7 aromatic rings. The number of hydrogen-bond acceptors (Lipinski definition) is 16. The molecule has 0 aliphatic carbocycles. The van der Waals surface area contributed by atoms with Gasteiger partial charge in [-0.1, -0.05) is 12.2 Å². The molecule has 398 valence electrons. The molecule has 8 rings (SSSR count). The molecule has 1 aliphatic heterocycles. The predicted molar refractivity (Wildman–Crippen MR) is 281 cm³/mol. The summed E-state index contributed by atoms with van der Waals surface area (Å²) < 4.78 is 13.5. The highest BCUT2D eigenvalue weighted by Crippen LogP contribution is 2.34. The minimum Gasteiger partial charge on any atom is -0.491 e. The van der Waals surface area contributed by atoms with Crippen molar-refractivity contribution in [2.24, 2.45) is 17.2 Å². The fraction of sp³-hybridized carbons (Fsp3) is 0.380. The van der Waals surface area contributed by atoms with Crippen molar-refractivity contribution in [2.75, 3.05) is 37.8 Å². The Balaban J connectivity index is 1.06. The number of carbonyl (C=O) groups is 7. The molecule has 25 nitrogen and oxygen atoms in total. The van der Waals surface area contributed by atoms with Gasteiger partial charge >= 0.3 is 5.97 Å². The van der Waals surface area contributed by atoms with Gasteiger partial charge in [0, 0.05) is 87.4 Å². The molecule has 6 amide bonds. The zero-order valence-electron chi connectivity index (χ0n) is 42.8. The summed E-state index contributed by atoms with van der Waals surface area (Å²) in [5, 5.41) is 21.6. The Morgan fingerprint density at radius 3 is 2.32 bits per heavy atom. The molecular formula is C50H58N16O9S. The van der Waals surface area contributed by atoms with Gasteiger partial charge < -0.3 is 41.1 Å². The number of aryl methyl sites for hydroxylation is 5. The maximum Gasteiger partial charge on any atom is 0.321 e. The quantitative estimate of drug-likeness (QED) is 0.0349. The molecule has 8 N–H and O–H groups in total. The number of aliphatic carboxylic acids is 1. The third-order valence-electron chi connectivity index (χ3n) is 12.8. The minimum atomic E-state index is -1.21. The normalized spacial score (nSPS) is 14.2. The van der Waals surface area contributed by atoms with E-state index in [1.54, 1.807) is 48.5 Å². The first kappa shape index (κ1) is 53.8. The first-order valence-corrected chi connectivity index (χ1v) is 25.5. The van der Waals surface area contributed by atoms with Crippen molar-refractivity contribution in [1.82, 2.24) is 58.4 Å². The van der Waals surface area contributed by atoms with Crippen molar-refractivity contribution in [3.8, 4) is 17.3 Å². The second-order valence-corrected chi connectivity index (χ2v) is 19.4. The highest BCUT2D eigenvalue weighted by atomic mass is 32.2. The number of nitrogens with zero attached hydrogens (tertiary/aromatic N) is 12. The van der Waals surface area contributed by atoms with E-state index in [9.17, 15) is 33.6 Å². The summed E-state index contributed by atoms with van der Waals surface area (Å²) in [7, 11) is 1.58. The largest absolute Gasteiger partial charge is 0.491 e. The van der Waals surface area contributed by atoms with Gasteiger partial charge in [0.25, 0.3) is 11.8 Å². The van der Waals surface area contributed by atoms with Crippen molar-refractivity contribution in [3.63, 3.8) is 0 Å². The zero-order chi connectivity index (χ0) is 54.7. The van der Waals surface area contributed by atoms with Gasteiger partial charge in [-0.25, -0.2) is 19.9 Å². The third kappa shape index (κ3) is 11.1. The molecule has 7 heterocycles. The summed E-state index contributed by atoms with van der Waals surface area (Å²) in [5.74, 6) is -3.64. The number of fused-ring (bicyclic) bond motifs is 4. The van der Waals surface area contributed by atoms with E-state index < -0.39 is 46.8 Å². The van der Waals surface area contributed by atoms with Crippen molar-refractivity contribution < 1.29 is 43.4 Å². The number of ether oxygens (including phenoxy) is 1. The molecular weight excluding hydrogens is 1000 g/mol. The van der Waals surface area contributed by atoms with Crippen LogP contribution in [0.2, 0.25) is 0 Å². The van der Waals surface area contributed by atoms with Gasteiger partial charge in [0.05, 0.1) is 40.0 Å². The van der Waals surface area contributed by atoms with Crippen molar-refractivity contribution in [1.29, 1.82) is 0 Å². The number of imide groups is 1. The van der Waals surface area contributed by atoms with Crippen LogP contribution < -0.4 is 27.3 Å². The number of nitrogens with two attached hydrogens (primary N) is 3. The van der Waals surface area contributed by atoms with E-state index in [0.29, 0.717) is 75.4 Å². The van der Waals surface area contributed by atoms with E-state index >= 15 is 0 Å². The molecule has 76 heavy (non-hydrogen) atoms. The number of rotatable bonds is 23. The lowest BCUT2D eigenvalue weighted by Gasteiger charge is -2.20. The molecule has 0 radical (unpaired) electrons. The summed E-state index contributed by atoms with van der Waals surface area (Å²) in [6, 6.07) is 7.03. The third-order valence-corrected chi connectivity index (χ3v) is 14.1. The lowest BCUT2D eigenvalue weighted by atomic mass is 10.1. The summed E-state index contributed by atoms with van der Waals surface area (Å²) in [6.45, 7) is 10.9. The van der Waals surface area contributed by atoms with E-state index in [4.69, 9.17) is 42.0 Å². The highest BCUT2D eigenvalue weighted by Gasteiger charge is 2.39. The van der Waals surface area contributed by atoms with Gasteiger partial charge in [0.2, 0.25) is 29.6 Å². The lowest BCUT2D eigenvalue weighted by Crippen LogP contribution is -2.37. The number of nitrogens with one attached hydrogen (secondary N) is 1. The first-order chi connectivity index (χ1) is 36.3. The molecule has 6 aromatic heterocycles. The average Bonchev–Trinajstić information content (AvgIpc) is 4.23. The SMILES string of the molecule is CCn1nc(C)cc1C(=O)Nc1nc2cc(C(N)=O)cc(OCCCN(C)C(=O)CCN3C(=O)CC(SC[C@H](N)C(=O)O)C3=O)c2n1C/C=C/Cn1c2nc(-c3cc(C)nn3CC)ncc2c2cc(C(N)=O)nc(C)c21. The van der Waals surface area contributed by atoms with Crippen LogP contribution in [0, 0.1) is 20.8 Å². The number of pyridine rings is 1. The highest BCUT2D eigenvalue weighted by molar-refractivity contribution is 8.00. The molecule has 0 bridgehead atoms. The number of hydrogen-bond donors (Lipinski definition) is 5. The number of benzene rings is 1. The first-order valence-electron chi connectivity index (χ1n) is 24.4. The Labute approximate surface area is 438 Å². The van der Waals surface area contributed by atoms with E-state index in [0.717, 1.165) is 28.0 Å². The van der Waals surface area contributed by atoms with Crippen molar-refractivity contribution in [3.05, 3.63) is 82.7 Å². The van der Waals surface area contributed by atoms with Crippen LogP contribution in [0.1, 0.15) is 81.5 Å². The second-order valence-electron chi connectivity index (χ2n) is 18.2. The van der Waals surface area contributed by atoms with Gasteiger partial charge in [-0.3, -0.25) is 53.1 Å². The van der Waals surface area contributed by atoms with Gasteiger partial charge in [-0.05, 0) is 71.4 Å². The number of likely N-dealkylation sites (tertiary alicyclic amines) is 1. The number of carboxylic acids is 1. The summed E-state index contributed by atoms with van der Waals surface area (Å²) in [4.78, 5) is 111. The molecule has 2 atom stereocenters. The standard InChI is InChI=1S/C50H58N16O9S/c1-7-65-35(18-26(3)59-65)45-54-24-31-30-22-34(44(53)70)55-28(5)41(30)63(46(31)57-45)14-9-10-15-64-42-33(56-50(64)58-47(71)36-19-27(4)60-66(36)8-2)20-29(43(52)69)21-37(42)75-17-11-13-61(6)39(67)12-16-62-40(68)23-38(48(62)72)76-25-32(51)49(73)74/h9-10,18-22,24,32,38H,7-8,11-17,23,25,51H2,1-6H3,(H2,52,69)(H2,53,70)(H,73,74)(H,56,58,71)/b10-9+/t32-,38?/m0/s1. The topological polar surface area (TPSA) is 343 Å². The number of aromatic nitrogens is 10. The van der Waals surface area contributed by atoms with Crippen LogP contribution in [0.25, 0.3) is 44.5 Å². The van der Waals surface area contributed by atoms with Crippen molar-refractivity contribution in [2.45, 2.75) is 91.4 Å². The molecule has 0 spiro atoms. The number of anilines is 1. The maximum absolute atomic E-state index is 14.0. The maximum atomic E-state index is 14.0. The van der Waals surface area contributed by atoms with Crippen LogP contribution >= 0.6 is 11.8 Å². The van der Waals surface area contributed by atoms with Crippen LogP contribution in [-0.4, -0.2) is 149 Å². The molecule has 1 aromatic carbocycles. The fourth-order valence-corrected chi connectivity index (χ4v) is 10.2. The number of thioether (sulfide) groups is 1. The van der Waals surface area contributed by atoms with Crippen molar-refractivity contribution >= 4 is 92.1 Å². The number of carbonyl (C=O) groups excluding carboxylic acids is 6. The van der Waals surface area contributed by atoms with Crippen LogP contribution in [0.15, 0.2) is 48.7 Å². The Hall–Kier alpha value is -8.52. The van der Waals surface area contributed by atoms with Gasteiger partial charge in [-0.2, -0.15) is 10.2 Å². The zero-order valence-corrected chi connectivity index (χ0v) is 43.6. The Bertz CT molecular complexity index is 3500. The Kier molecular flexibility index (Phi) is 15.9. The summed E-state index contributed by atoms with van der Waals surface area (Å²) in [5.41, 5.74) is 22.3. The van der Waals surface area contributed by atoms with E-state index in [1.807, 2.05) is 48.2 Å². The van der Waals surface area contributed by atoms with Gasteiger partial charge in [0.15, 0.2) is 5.82 Å². The monoisotopic (exact) mass is 1060 g/mol. The van der Waals surface area contributed by atoms with Gasteiger partial charge in [0.1, 0.15) is 40.0 Å². The molecule has 1 aliphatic rings. The number of amides is 6. The lowest BCUT2D eigenvalue weighted by molar-refractivity contribution is -0.140. The second kappa shape index (κ2) is 22.5. The predicted octanol–water partition coefficient (Wildman–Crippen LogP) is 2.95. The van der Waals surface area contributed by atoms with E-state index in [2.05, 4.69) is 20.5 Å². The molecule has 1 saturated heterocycles. The number of primary amides is 2. The molecule has 26 heteroatoms.